The second-order valence-corrected chi connectivity index (χ2v) is 7.35. The molecule has 2 heterocycles. The van der Waals surface area contributed by atoms with E-state index >= 15 is 0 Å². The van der Waals surface area contributed by atoms with Crippen molar-refractivity contribution in [3.05, 3.63) is 51.8 Å². The highest BCUT2D eigenvalue weighted by molar-refractivity contribution is 9.10. The van der Waals surface area contributed by atoms with Crippen molar-refractivity contribution in [2.24, 2.45) is 0 Å². The molecule has 1 aromatic heterocycles. The molecule has 6 heteroatoms. The highest BCUT2D eigenvalue weighted by atomic mass is 79.9. The summed E-state index contributed by atoms with van der Waals surface area (Å²) in [5.41, 5.74) is 2.95. The van der Waals surface area contributed by atoms with E-state index in [0.717, 1.165) is 30.4 Å². The minimum atomic E-state index is -0.591. The summed E-state index contributed by atoms with van der Waals surface area (Å²) < 4.78 is 2.89. The van der Waals surface area contributed by atoms with E-state index in [9.17, 15) is 4.79 Å². The summed E-state index contributed by atoms with van der Waals surface area (Å²) in [4.78, 5) is 13.1. The maximum atomic E-state index is 13.1. The number of aryl methyl sites for hydroxylation is 2. The van der Waals surface area contributed by atoms with Gasteiger partial charge in [0.25, 0.3) is 0 Å². The van der Waals surface area contributed by atoms with Gasteiger partial charge in [-0.05, 0) is 74.7 Å². The molecule has 1 amide bonds. The van der Waals surface area contributed by atoms with Crippen LogP contribution in [-0.2, 0) is 16.9 Å². The molecule has 2 aromatic rings. The van der Waals surface area contributed by atoms with Crippen molar-refractivity contribution in [1.82, 2.24) is 20.4 Å². The molecule has 2 N–H and O–H groups in total. The number of carbonyl (C=O) groups excluding carboxylic acids is 1. The van der Waals surface area contributed by atoms with Gasteiger partial charge >= 0.3 is 0 Å². The van der Waals surface area contributed by atoms with Crippen LogP contribution in [0.4, 0.5) is 0 Å². The normalized spacial score (nSPS) is 16.8. The van der Waals surface area contributed by atoms with Crippen molar-refractivity contribution in [2.45, 2.75) is 38.8 Å². The van der Waals surface area contributed by atoms with E-state index in [1.807, 2.05) is 16.9 Å². The molecule has 1 aliphatic heterocycles. The van der Waals surface area contributed by atoms with Gasteiger partial charge in [0, 0.05) is 23.4 Å². The van der Waals surface area contributed by atoms with Crippen LogP contribution in [0.1, 0.15) is 29.5 Å². The van der Waals surface area contributed by atoms with Crippen molar-refractivity contribution in [3.8, 4) is 0 Å². The molecule has 128 valence electrons. The summed E-state index contributed by atoms with van der Waals surface area (Å²) in [6.45, 7) is 6.34. The average molecular weight is 391 g/mol. The highest BCUT2D eigenvalue weighted by Crippen LogP contribution is 2.28. The van der Waals surface area contributed by atoms with Crippen molar-refractivity contribution in [2.75, 3.05) is 13.1 Å². The van der Waals surface area contributed by atoms with Crippen molar-refractivity contribution < 1.29 is 4.79 Å². The number of piperidine rings is 1. The minimum Gasteiger partial charge on any atom is -0.350 e. The van der Waals surface area contributed by atoms with E-state index in [1.165, 1.54) is 16.7 Å². The van der Waals surface area contributed by atoms with Crippen LogP contribution in [-0.4, -0.2) is 28.8 Å². The number of carbonyl (C=O) groups is 1. The molecule has 24 heavy (non-hydrogen) atoms. The SMILES string of the molecule is Cc1cc(Br)cc(C)c1CNC(=O)C1(n2cccn2)CCNCC1. The fourth-order valence-corrected chi connectivity index (χ4v) is 4.16. The molecule has 0 bridgehead atoms. The van der Waals surface area contributed by atoms with Crippen LogP contribution in [0.2, 0.25) is 0 Å². The zero-order valence-electron chi connectivity index (χ0n) is 14.1. The molecule has 0 saturated carbocycles. The lowest BCUT2D eigenvalue weighted by Gasteiger charge is -2.36. The van der Waals surface area contributed by atoms with Gasteiger partial charge in [-0.3, -0.25) is 9.48 Å². The molecule has 0 radical (unpaired) electrons. The van der Waals surface area contributed by atoms with Gasteiger partial charge in [-0.25, -0.2) is 0 Å². The molecule has 0 spiro atoms. The first-order valence-corrected chi connectivity index (χ1v) is 9.07. The third-order valence-electron chi connectivity index (χ3n) is 4.88. The quantitative estimate of drug-likeness (QED) is 0.843. The number of halogens is 1. The topological polar surface area (TPSA) is 59.0 Å². The third-order valence-corrected chi connectivity index (χ3v) is 5.34. The van der Waals surface area contributed by atoms with Crippen molar-refractivity contribution >= 4 is 21.8 Å². The molecular weight excluding hydrogens is 368 g/mol. The predicted molar refractivity (Wildman–Crippen MR) is 97.8 cm³/mol. The Balaban J connectivity index is 1.80. The first-order chi connectivity index (χ1) is 11.5. The van der Waals surface area contributed by atoms with Crippen LogP contribution in [0.15, 0.2) is 35.1 Å². The average Bonchev–Trinajstić information content (AvgIpc) is 3.09. The Morgan fingerprint density at radius 1 is 1.33 bits per heavy atom. The number of benzene rings is 1. The van der Waals surface area contributed by atoms with E-state index in [2.05, 4.69) is 57.6 Å². The summed E-state index contributed by atoms with van der Waals surface area (Å²) in [5.74, 6) is 0.0504. The molecule has 1 fully saturated rings. The predicted octanol–water partition coefficient (Wildman–Crippen LogP) is 2.66. The van der Waals surface area contributed by atoms with Gasteiger partial charge in [0.15, 0.2) is 0 Å². The fraction of sp³-hybridized carbons (Fsp3) is 0.444. The Morgan fingerprint density at radius 3 is 2.58 bits per heavy atom. The van der Waals surface area contributed by atoms with Crippen LogP contribution in [0.5, 0.6) is 0 Å². The van der Waals surface area contributed by atoms with Crippen LogP contribution in [0, 0.1) is 13.8 Å². The van der Waals surface area contributed by atoms with Gasteiger partial charge in [0.05, 0.1) is 0 Å². The van der Waals surface area contributed by atoms with Crippen LogP contribution in [0.25, 0.3) is 0 Å². The summed E-state index contributed by atoms with van der Waals surface area (Å²) in [6.07, 6.45) is 5.12. The number of hydrogen-bond acceptors (Lipinski definition) is 3. The first-order valence-electron chi connectivity index (χ1n) is 8.28. The summed E-state index contributed by atoms with van der Waals surface area (Å²) in [5, 5.41) is 10.8. The second-order valence-electron chi connectivity index (χ2n) is 6.43. The number of hydrogen-bond donors (Lipinski definition) is 2. The van der Waals surface area contributed by atoms with E-state index < -0.39 is 5.54 Å². The Bertz CT molecular complexity index is 698. The van der Waals surface area contributed by atoms with Gasteiger partial charge in [0.1, 0.15) is 5.54 Å². The van der Waals surface area contributed by atoms with Gasteiger partial charge in [-0.2, -0.15) is 5.10 Å². The van der Waals surface area contributed by atoms with E-state index in [1.54, 1.807) is 6.20 Å². The molecule has 0 aliphatic carbocycles. The van der Waals surface area contributed by atoms with Crippen molar-refractivity contribution in [3.63, 3.8) is 0 Å². The molecule has 1 aliphatic rings. The largest absolute Gasteiger partial charge is 0.350 e. The van der Waals surface area contributed by atoms with Crippen LogP contribution >= 0.6 is 15.9 Å². The Labute approximate surface area is 151 Å². The Morgan fingerprint density at radius 2 is 2.00 bits per heavy atom. The minimum absolute atomic E-state index is 0.0504. The molecule has 0 atom stereocenters. The maximum absolute atomic E-state index is 13.1. The first kappa shape index (κ1) is 17.2. The molecular formula is C18H23BrN4O. The van der Waals surface area contributed by atoms with E-state index in [4.69, 9.17) is 0 Å². The Hall–Kier alpha value is -1.66. The van der Waals surface area contributed by atoms with Gasteiger partial charge in [0.2, 0.25) is 5.91 Å². The Kier molecular flexibility index (Phi) is 5.06. The van der Waals surface area contributed by atoms with Crippen LogP contribution < -0.4 is 10.6 Å². The molecule has 1 aromatic carbocycles. The number of rotatable bonds is 4. The number of nitrogens with zero attached hydrogens (tertiary/aromatic N) is 2. The number of amides is 1. The van der Waals surface area contributed by atoms with E-state index in [-0.39, 0.29) is 5.91 Å². The lowest BCUT2D eigenvalue weighted by molar-refractivity contribution is -0.132. The molecule has 0 unspecified atom stereocenters. The summed E-state index contributed by atoms with van der Waals surface area (Å²) in [6, 6.07) is 6.05. The lowest BCUT2D eigenvalue weighted by Crippen LogP contribution is -2.54. The molecule has 5 nitrogen and oxygen atoms in total. The van der Waals surface area contributed by atoms with Crippen molar-refractivity contribution in [1.29, 1.82) is 0 Å². The number of aromatic nitrogens is 2. The van der Waals surface area contributed by atoms with Gasteiger partial charge in [-0.15, -0.1) is 0 Å². The summed E-state index contributed by atoms with van der Waals surface area (Å²) >= 11 is 3.52. The van der Waals surface area contributed by atoms with Gasteiger partial charge < -0.3 is 10.6 Å². The molecule has 3 rings (SSSR count). The smallest absolute Gasteiger partial charge is 0.248 e. The maximum Gasteiger partial charge on any atom is 0.248 e. The zero-order valence-corrected chi connectivity index (χ0v) is 15.7. The monoisotopic (exact) mass is 390 g/mol. The lowest BCUT2D eigenvalue weighted by atomic mass is 9.87. The standard InChI is InChI=1S/C18H23BrN4O/c1-13-10-15(19)11-14(2)16(13)12-21-17(24)18(4-7-20-8-5-18)23-9-3-6-22-23/h3,6,9-11,20H,4-5,7-8,12H2,1-2H3,(H,21,24). The highest BCUT2D eigenvalue weighted by Gasteiger charge is 2.41. The third kappa shape index (κ3) is 3.26. The van der Waals surface area contributed by atoms with Gasteiger partial charge in [-0.1, -0.05) is 15.9 Å². The summed E-state index contributed by atoms with van der Waals surface area (Å²) in [7, 11) is 0. The second kappa shape index (κ2) is 7.07. The molecule has 1 saturated heterocycles. The zero-order chi connectivity index (χ0) is 17.2. The van der Waals surface area contributed by atoms with E-state index in [0.29, 0.717) is 6.54 Å². The number of nitrogens with one attached hydrogen (secondary N) is 2. The fourth-order valence-electron chi connectivity index (χ4n) is 3.48. The van der Waals surface area contributed by atoms with Crippen LogP contribution in [0.3, 0.4) is 0 Å².